The third-order valence-electron chi connectivity index (χ3n) is 5.73. The van der Waals surface area contributed by atoms with E-state index in [9.17, 15) is 19.2 Å². The predicted octanol–water partition coefficient (Wildman–Crippen LogP) is 3.48. The average molecular weight is 495 g/mol. The molecule has 10 heteroatoms. The van der Waals surface area contributed by atoms with Crippen LogP contribution in [0.2, 0.25) is 0 Å². The summed E-state index contributed by atoms with van der Waals surface area (Å²) < 4.78 is 6.64. The van der Waals surface area contributed by atoms with Crippen LogP contribution >= 0.6 is 0 Å². The van der Waals surface area contributed by atoms with Gasteiger partial charge in [-0.3, -0.25) is 14.4 Å². The van der Waals surface area contributed by atoms with E-state index >= 15 is 0 Å². The fourth-order valence-corrected chi connectivity index (χ4v) is 3.92. The summed E-state index contributed by atoms with van der Waals surface area (Å²) >= 11 is 0. The molecule has 184 valence electrons. The highest BCUT2D eigenvalue weighted by Crippen LogP contribution is 2.26. The molecule has 37 heavy (non-hydrogen) atoms. The summed E-state index contributed by atoms with van der Waals surface area (Å²) in [5, 5.41) is 7.35. The zero-order valence-corrected chi connectivity index (χ0v) is 19.7. The van der Waals surface area contributed by atoms with Crippen LogP contribution in [0.3, 0.4) is 0 Å². The highest BCUT2D eigenvalue weighted by atomic mass is 16.5. The fraction of sp³-hybridized carbons (Fsp3) is 0.0741. The maximum atomic E-state index is 13.0. The van der Waals surface area contributed by atoms with Crippen molar-refractivity contribution >= 4 is 35.3 Å². The quantitative estimate of drug-likeness (QED) is 0.310. The van der Waals surface area contributed by atoms with Crippen molar-refractivity contribution in [3.63, 3.8) is 0 Å². The third kappa shape index (κ3) is 4.55. The Morgan fingerprint density at radius 2 is 1.49 bits per heavy atom. The minimum absolute atomic E-state index is 0.196. The van der Waals surface area contributed by atoms with Crippen molar-refractivity contribution in [2.24, 2.45) is 0 Å². The van der Waals surface area contributed by atoms with Gasteiger partial charge in [-0.25, -0.2) is 19.3 Å². The van der Waals surface area contributed by atoms with Gasteiger partial charge >= 0.3 is 17.8 Å². The molecule has 4 aromatic rings. The smallest absolute Gasteiger partial charge is 0.339 e. The van der Waals surface area contributed by atoms with E-state index in [1.54, 1.807) is 22.9 Å². The van der Waals surface area contributed by atoms with Gasteiger partial charge in [0.1, 0.15) is 18.1 Å². The molecule has 10 nitrogen and oxygen atoms in total. The lowest BCUT2D eigenvalue weighted by Crippen LogP contribution is -2.39. The first-order valence-corrected chi connectivity index (χ1v) is 11.3. The van der Waals surface area contributed by atoms with Crippen molar-refractivity contribution in [1.29, 1.82) is 0 Å². The van der Waals surface area contributed by atoms with Crippen LogP contribution < -0.4 is 15.0 Å². The first kappa shape index (κ1) is 23.5. The predicted molar refractivity (Wildman–Crippen MR) is 135 cm³/mol. The average Bonchev–Trinajstić information content (AvgIpc) is 3.44. The molecular formula is C27H21N5O5. The number of nitrogens with one attached hydrogen (secondary N) is 1. The van der Waals surface area contributed by atoms with E-state index < -0.39 is 30.3 Å². The second-order valence-electron chi connectivity index (χ2n) is 8.09. The van der Waals surface area contributed by atoms with Gasteiger partial charge in [0.25, 0.3) is 0 Å². The summed E-state index contributed by atoms with van der Waals surface area (Å²) in [7, 11) is 1.48. The molecule has 0 saturated carbocycles. The van der Waals surface area contributed by atoms with Gasteiger partial charge in [0.05, 0.1) is 24.2 Å². The maximum absolute atomic E-state index is 13.0. The Bertz CT molecular complexity index is 1480. The molecule has 0 radical (unpaired) electrons. The molecule has 1 aromatic heterocycles. The number of nitrogens with zero attached hydrogens (tertiary/aromatic N) is 4. The molecule has 3 aromatic carbocycles. The third-order valence-corrected chi connectivity index (χ3v) is 5.73. The lowest BCUT2D eigenvalue weighted by molar-refractivity contribution is -0.140. The molecule has 0 bridgehead atoms. The van der Waals surface area contributed by atoms with E-state index in [0.717, 1.165) is 10.5 Å². The van der Waals surface area contributed by atoms with Crippen LogP contribution in [-0.2, 0) is 14.4 Å². The molecule has 1 N–H and O–H groups in total. The lowest BCUT2D eigenvalue weighted by Gasteiger charge is -2.16. The number of urea groups is 1. The highest BCUT2D eigenvalue weighted by Gasteiger charge is 2.46. The van der Waals surface area contributed by atoms with E-state index in [1.807, 2.05) is 60.7 Å². The number of hydrogen-bond donors (Lipinski definition) is 1. The fourth-order valence-electron chi connectivity index (χ4n) is 3.92. The minimum atomic E-state index is -1.09. The Kier molecular flexibility index (Phi) is 6.21. The molecule has 0 atom stereocenters. The van der Waals surface area contributed by atoms with Crippen molar-refractivity contribution in [3.05, 3.63) is 91.0 Å². The van der Waals surface area contributed by atoms with Gasteiger partial charge in [-0.15, -0.1) is 0 Å². The highest BCUT2D eigenvalue weighted by molar-refractivity contribution is 6.53. The molecule has 0 unspecified atom stereocenters. The van der Waals surface area contributed by atoms with Crippen molar-refractivity contribution in [1.82, 2.24) is 14.7 Å². The number of carbonyl (C=O) groups excluding carboxylic acids is 4. The van der Waals surface area contributed by atoms with E-state index in [1.165, 1.54) is 19.2 Å². The van der Waals surface area contributed by atoms with Gasteiger partial charge in [0.2, 0.25) is 5.91 Å². The summed E-state index contributed by atoms with van der Waals surface area (Å²) in [6, 6.07) is 25.5. The summed E-state index contributed by atoms with van der Waals surface area (Å²) in [5.41, 5.74) is 2.36. The number of benzene rings is 3. The van der Waals surface area contributed by atoms with Gasteiger partial charge in [-0.05, 0) is 36.4 Å². The number of carbonyl (C=O) groups is 4. The normalized spacial score (nSPS) is 13.3. The van der Waals surface area contributed by atoms with Crippen LogP contribution in [0.15, 0.2) is 91.0 Å². The molecule has 1 aliphatic rings. The molecule has 5 amide bonds. The summed E-state index contributed by atoms with van der Waals surface area (Å²) in [5.74, 6) is -1.92. The summed E-state index contributed by atoms with van der Waals surface area (Å²) in [6.07, 6.45) is 0. The van der Waals surface area contributed by atoms with Gasteiger partial charge in [0, 0.05) is 11.6 Å². The van der Waals surface area contributed by atoms with Gasteiger partial charge in [-0.1, -0.05) is 48.5 Å². The monoisotopic (exact) mass is 495 g/mol. The molecule has 1 saturated heterocycles. The van der Waals surface area contributed by atoms with Gasteiger partial charge in [0.15, 0.2) is 0 Å². The Balaban J connectivity index is 1.38. The molecule has 1 aliphatic heterocycles. The van der Waals surface area contributed by atoms with Gasteiger partial charge < -0.3 is 10.1 Å². The van der Waals surface area contributed by atoms with Crippen molar-refractivity contribution < 1.29 is 23.9 Å². The van der Waals surface area contributed by atoms with E-state index in [0.29, 0.717) is 27.8 Å². The molecular weight excluding hydrogens is 474 g/mol. The summed E-state index contributed by atoms with van der Waals surface area (Å²) in [6.45, 7) is -0.642. The van der Waals surface area contributed by atoms with Crippen LogP contribution in [0.5, 0.6) is 5.75 Å². The van der Waals surface area contributed by atoms with E-state index in [-0.39, 0.29) is 5.69 Å². The van der Waals surface area contributed by atoms with Crippen LogP contribution in [-0.4, -0.2) is 52.1 Å². The number of imide groups is 2. The Hall–Kier alpha value is -5.25. The number of methoxy groups -OCH3 is 1. The van der Waals surface area contributed by atoms with Crippen LogP contribution in [0.4, 0.5) is 16.3 Å². The number of amides is 5. The van der Waals surface area contributed by atoms with Crippen LogP contribution in [0, 0.1) is 0 Å². The molecule has 1 fully saturated rings. The van der Waals surface area contributed by atoms with E-state index in [2.05, 4.69) is 10.4 Å². The van der Waals surface area contributed by atoms with Crippen molar-refractivity contribution in [2.75, 3.05) is 23.9 Å². The van der Waals surface area contributed by atoms with E-state index in [4.69, 9.17) is 4.74 Å². The van der Waals surface area contributed by atoms with Crippen molar-refractivity contribution in [3.8, 4) is 22.7 Å². The second-order valence-corrected chi connectivity index (χ2v) is 8.09. The zero-order valence-electron chi connectivity index (χ0n) is 19.7. The maximum Gasteiger partial charge on any atom is 0.339 e. The van der Waals surface area contributed by atoms with Crippen LogP contribution in [0.1, 0.15) is 0 Å². The Labute approximate surface area is 211 Å². The number of anilines is 2. The summed E-state index contributed by atoms with van der Waals surface area (Å²) in [4.78, 5) is 52.4. The number of rotatable bonds is 7. The van der Waals surface area contributed by atoms with Crippen LogP contribution in [0.25, 0.3) is 16.9 Å². The standard InChI is InChI=1S/C27H21N5O5/c1-37-21-14-12-19(13-15-21)31-26(35)25(34)30(27(31)36)17-24(33)28-23-16-22(18-8-4-2-5-9-18)29-32(23)20-10-6-3-7-11-20/h2-16H,17H2,1H3,(H,28,33). The largest absolute Gasteiger partial charge is 0.497 e. The Morgan fingerprint density at radius 3 is 2.14 bits per heavy atom. The first-order valence-electron chi connectivity index (χ1n) is 11.3. The molecule has 0 aliphatic carbocycles. The SMILES string of the molecule is COc1ccc(N2C(=O)C(=O)N(CC(=O)Nc3cc(-c4ccccc4)nn3-c3ccccc3)C2=O)cc1. The topological polar surface area (TPSA) is 114 Å². The molecule has 5 rings (SSSR count). The van der Waals surface area contributed by atoms with Crippen molar-refractivity contribution in [2.45, 2.75) is 0 Å². The molecule has 2 heterocycles. The minimum Gasteiger partial charge on any atom is -0.497 e. The van der Waals surface area contributed by atoms with Gasteiger partial charge in [-0.2, -0.15) is 5.10 Å². The number of hydrogen-bond acceptors (Lipinski definition) is 6. The molecule has 0 spiro atoms. The zero-order chi connectivity index (χ0) is 25.9. The first-order chi connectivity index (χ1) is 18.0. The Morgan fingerprint density at radius 1 is 0.838 bits per heavy atom. The number of aromatic nitrogens is 2. The number of ether oxygens (including phenoxy) is 1. The lowest BCUT2D eigenvalue weighted by atomic mass is 10.2. The number of para-hydroxylation sites is 1. The second kappa shape index (κ2) is 9.78.